The lowest BCUT2D eigenvalue weighted by Crippen LogP contribution is -2.16. The summed E-state index contributed by atoms with van der Waals surface area (Å²) in [6.45, 7) is 6.95. The second kappa shape index (κ2) is 7.93. The number of esters is 1. The molecule has 0 saturated carbocycles. The van der Waals surface area contributed by atoms with Gasteiger partial charge in [-0.25, -0.2) is 9.78 Å². The predicted octanol–water partition coefficient (Wildman–Crippen LogP) is 3.81. The topological polar surface area (TPSA) is 98.3 Å². The van der Waals surface area contributed by atoms with Crippen LogP contribution in [0.5, 0.6) is 5.75 Å². The highest BCUT2D eigenvalue weighted by Crippen LogP contribution is 2.29. The van der Waals surface area contributed by atoms with Gasteiger partial charge in [-0.3, -0.25) is 9.59 Å². The van der Waals surface area contributed by atoms with Gasteiger partial charge in [-0.1, -0.05) is 0 Å². The van der Waals surface area contributed by atoms with Crippen molar-refractivity contribution in [3.63, 3.8) is 0 Å². The number of hydrogen-bond acceptors (Lipinski definition) is 7. The summed E-state index contributed by atoms with van der Waals surface area (Å²) < 4.78 is 10.9. The first-order valence-electron chi connectivity index (χ1n) is 8.79. The number of thiophene rings is 1. The van der Waals surface area contributed by atoms with Crippen molar-refractivity contribution in [3.05, 3.63) is 56.4 Å². The molecule has 0 aliphatic rings. The van der Waals surface area contributed by atoms with Gasteiger partial charge in [0.1, 0.15) is 15.5 Å². The predicted molar refractivity (Wildman–Crippen MR) is 106 cm³/mol. The number of carbonyl (C=O) groups excluding carboxylic acids is 2. The van der Waals surface area contributed by atoms with Crippen LogP contribution >= 0.6 is 11.3 Å². The molecule has 0 saturated heterocycles. The number of ketones is 1. The third kappa shape index (κ3) is 3.82. The Morgan fingerprint density at radius 2 is 1.93 bits per heavy atom. The second-order valence-corrected chi connectivity index (χ2v) is 7.25. The maximum atomic E-state index is 12.6. The maximum Gasteiger partial charge on any atom is 0.348 e. The number of rotatable bonds is 6. The molecule has 0 amide bonds. The number of aromatic nitrogens is 2. The van der Waals surface area contributed by atoms with Crippen LogP contribution in [-0.2, 0) is 4.74 Å². The van der Waals surface area contributed by atoms with Crippen molar-refractivity contribution in [1.29, 1.82) is 0 Å². The van der Waals surface area contributed by atoms with Crippen molar-refractivity contribution in [2.75, 3.05) is 6.61 Å². The van der Waals surface area contributed by atoms with Crippen LogP contribution in [0.25, 0.3) is 10.2 Å². The molecule has 1 N–H and O–H groups in total. The molecule has 0 aliphatic carbocycles. The highest BCUT2D eigenvalue weighted by Gasteiger charge is 2.21. The number of hydrogen-bond donors (Lipinski definition) is 1. The van der Waals surface area contributed by atoms with E-state index in [-0.39, 0.29) is 17.9 Å². The fraction of sp³-hybridized carbons (Fsp3) is 0.300. The van der Waals surface area contributed by atoms with Crippen molar-refractivity contribution in [3.8, 4) is 5.75 Å². The highest BCUT2D eigenvalue weighted by molar-refractivity contribution is 7.20. The number of H-pyrrole nitrogens is 1. The normalized spacial score (nSPS) is 12.0. The summed E-state index contributed by atoms with van der Waals surface area (Å²) in [5.41, 5.74) is 0.826. The lowest BCUT2D eigenvalue weighted by molar-refractivity contribution is 0.0531. The Balaban J connectivity index is 1.91. The van der Waals surface area contributed by atoms with Crippen molar-refractivity contribution < 1.29 is 19.1 Å². The van der Waals surface area contributed by atoms with E-state index in [9.17, 15) is 14.4 Å². The molecule has 146 valence electrons. The number of aromatic amines is 1. The first-order valence-corrected chi connectivity index (χ1v) is 9.61. The molecule has 0 aliphatic heterocycles. The summed E-state index contributed by atoms with van der Waals surface area (Å²) in [5.74, 6) is 0.417. The molecule has 0 unspecified atom stereocenters. The van der Waals surface area contributed by atoms with E-state index >= 15 is 0 Å². The first kappa shape index (κ1) is 19.8. The summed E-state index contributed by atoms with van der Waals surface area (Å²) >= 11 is 1.13. The summed E-state index contributed by atoms with van der Waals surface area (Å²) in [5, 5.41) is 0.384. The standard InChI is InChI=1S/C20H20N2O5S/c1-5-26-20(25)16-10(2)15-18(24)21-17(22-19(15)28-16)12(4)27-14-8-6-13(7-9-14)11(3)23/h6-9,12H,5H2,1-4H3,(H,21,22,24)/t12-/m0/s1. The van der Waals surface area contributed by atoms with Gasteiger partial charge < -0.3 is 14.5 Å². The summed E-state index contributed by atoms with van der Waals surface area (Å²) in [6, 6.07) is 6.74. The van der Waals surface area contributed by atoms with Gasteiger partial charge in [0.05, 0.1) is 12.0 Å². The minimum absolute atomic E-state index is 0.0264. The van der Waals surface area contributed by atoms with Crippen LogP contribution in [0.3, 0.4) is 0 Å². The van der Waals surface area contributed by atoms with Crippen LogP contribution in [0.1, 0.15) is 58.3 Å². The summed E-state index contributed by atoms with van der Waals surface area (Å²) in [6.07, 6.45) is -0.534. The zero-order chi connectivity index (χ0) is 20.4. The van der Waals surface area contributed by atoms with Crippen molar-refractivity contribution in [2.45, 2.75) is 33.8 Å². The molecule has 2 heterocycles. The fourth-order valence-corrected chi connectivity index (χ4v) is 3.86. The average molecular weight is 400 g/mol. The Morgan fingerprint density at radius 3 is 2.54 bits per heavy atom. The SMILES string of the molecule is CCOC(=O)c1sc2nc([C@H](C)Oc3ccc(C(C)=O)cc3)[nH]c(=O)c2c1C. The molecular weight excluding hydrogens is 380 g/mol. The molecule has 0 spiro atoms. The van der Waals surface area contributed by atoms with Gasteiger partial charge >= 0.3 is 5.97 Å². The molecule has 0 bridgehead atoms. The van der Waals surface area contributed by atoms with Crippen LogP contribution in [0.2, 0.25) is 0 Å². The lowest BCUT2D eigenvalue weighted by atomic mass is 10.1. The van der Waals surface area contributed by atoms with E-state index in [2.05, 4.69) is 9.97 Å². The zero-order valence-corrected chi connectivity index (χ0v) is 16.8. The van der Waals surface area contributed by atoms with E-state index in [1.165, 1.54) is 6.92 Å². The molecule has 0 radical (unpaired) electrons. The largest absolute Gasteiger partial charge is 0.483 e. The van der Waals surface area contributed by atoms with Gasteiger partial charge in [0.25, 0.3) is 5.56 Å². The van der Waals surface area contributed by atoms with Crippen LogP contribution in [-0.4, -0.2) is 28.3 Å². The molecule has 7 nitrogen and oxygen atoms in total. The summed E-state index contributed by atoms with van der Waals surface area (Å²) in [7, 11) is 0. The molecule has 2 aromatic heterocycles. The van der Waals surface area contributed by atoms with Crippen LogP contribution in [0, 0.1) is 6.92 Å². The van der Waals surface area contributed by atoms with Crippen molar-refractivity contribution >= 4 is 33.3 Å². The minimum Gasteiger partial charge on any atom is -0.483 e. The fourth-order valence-electron chi connectivity index (χ4n) is 2.77. The van der Waals surface area contributed by atoms with Crippen LogP contribution < -0.4 is 10.3 Å². The molecule has 8 heteroatoms. The minimum atomic E-state index is -0.534. The Bertz CT molecular complexity index is 1100. The number of ether oxygens (including phenoxy) is 2. The number of carbonyl (C=O) groups is 2. The molecule has 1 atom stereocenters. The number of benzene rings is 1. The quantitative estimate of drug-likeness (QED) is 0.499. The molecule has 0 fully saturated rings. The average Bonchev–Trinajstić information content (AvgIpc) is 2.99. The monoisotopic (exact) mass is 400 g/mol. The molecule has 3 rings (SSSR count). The van der Waals surface area contributed by atoms with Crippen molar-refractivity contribution in [2.24, 2.45) is 0 Å². The molecule has 1 aromatic carbocycles. The molecule has 3 aromatic rings. The van der Waals surface area contributed by atoms with Gasteiger partial charge in [-0.05, 0) is 57.5 Å². The van der Waals surface area contributed by atoms with E-state index in [1.54, 1.807) is 45.0 Å². The zero-order valence-electron chi connectivity index (χ0n) is 16.0. The van der Waals surface area contributed by atoms with Gasteiger partial charge in [0.15, 0.2) is 17.7 Å². The van der Waals surface area contributed by atoms with E-state index < -0.39 is 12.1 Å². The first-order chi connectivity index (χ1) is 13.3. The number of aryl methyl sites for hydroxylation is 1. The molecular formula is C20H20N2O5S. The number of Topliss-reactive ketones (excluding diaryl/α,β-unsaturated/α-hetero) is 1. The van der Waals surface area contributed by atoms with E-state index in [4.69, 9.17) is 9.47 Å². The smallest absolute Gasteiger partial charge is 0.348 e. The van der Waals surface area contributed by atoms with Gasteiger partial charge in [-0.2, -0.15) is 0 Å². The number of fused-ring (bicyclic) bond motifs is 1. The van der Waals surface area contributed by atoms with Gasteiger partial charge in [0.2, 0.25) is 0 Å². The highest BCUT2D eigenvalue weighted by atomic mass is 32.1. The van der Waals surface area contributed by atoms with Crippen LogP contribution in [0.15, 0.2) is 29.1 Å². The van der Waals surface area contributed by atoms with Gasteiger partial charge in [-0.15, -0.1) is 11.3 Å². The van der Waals surface area contributed by atoms with E-state index in [0.29, 0.717) is 37.8 Å². The Hall–Kier alpha value is -3.00. The molecule has 28 heavy (non-hydrogen) atoms. The third-order valence-corrected chi connectivity index (χ3v) is 5.40. The summed E-state index contributed by atoms with van der Waals surface area (Å²) in [4.78, 5) is 44.0. The third-order valence-electron chi connectivity index (χ3n) is 4.24. The number of nitrogens with one attached hydrogen (secondary N) is 1. The van der Waals surface area contributed by atoms with E-state index in [1.807, 2.05) is 0 Å². The van der Waals surface area contributed by atoms with Crippen molar-refractivity contribution in [1.82, 2.24) is 9.97 Å². The Kier molecular flexibility index (Phi) is 5.60. The van der Waals surface area contributed by atoms with Gasteiger partial charge in [0, 0.05) is 5.56 Å². The lowest BCUT2D eigenvalue weighted by Gasteiger charge is -2.14. The Morgan fingerprint density at radius 1 is 1.25 bits per heavy atom. The maximum absolute atomic E-state index is 12.6. The van der Waals surface area contributed by atoms with E-state index in [0.717, 1.165) is 11.3 Å². The second-order valence-electron chi connectivity index (χ2n) is 6.25. The Labute approximate surface area is 165 Å². The number of nitrogens with zero attached hydrogens (tertiary/aromatic N) is 1. The van der Waals surface area contributed by atoms with Crippen LogP contribution in [0.4, 0.5) is 0 Å².